The van der Waals surface area contributed by atoms with Crippen LogP contribution in [0.3, 0.4) is 0 Å². The van der Waals surface area contributed by atoms with Gasteiger partial charge < -0.3 is 15.4 Å². The lowest BCUT2D eigenvalue weighted by molar-refractivity contribution is 0.102. The minimum atomic E-state index is -0.221. The van der Waals surface area contributed by atoms with Crippen molar-refractivity contribution in [3.05, 3.63) is 82.5 Å². The van der Waals surface area contributed by atoms with Crippen LogP contribution in [0.4, 0.5) is 11.5 Å². The van der Waals surface area contributed by atoms with Crippen LogP contribution in [0.25, 0.3) is 0 Å². The maximum atomic E-state index is 12.4. The maximum absolute atomic E-state index is 12.4. The average Bonchev–Trinajstić information content (AvgIpc) is 2.71. The van der Waals surface area contributed by atoms with Crippen molar-refractivity contribution >= 4 is 29.0 Å². The van der Waals surface area contributed by atoms with Crippen LogP contribution < -0.4 is 15.4 Å². The Hall–Kier alpha value is -3.05. The number of hydrogen-bond donors (Lipinski definition) is 2. The first-order valence-corrected chi connectivity index (χ1v) is 9.33. The van der Waals surface area contributed by atoms with Crippen LogP contribution in [0, 0.1) is 6.92 Å². The smallest absolute Gasteiger partial charge is 0.257 e. The molecule has 0 radical (unpaired) electrons. The number of anilines is 2. The van der Waals surface area contributed by atoms with E-state index >= 15 is 0 Å². The first-order chi connectivity index (χ1) is 13.5. The highest BCUT2D eigenvalue weighted by molar-refractivity contribution is 6.31. The van der Waals surface area contributed by atoms with Gasteiger partial charge in [-0.1, -0.05) is 29.8 Å². The number of hydrogen-bond acceptors (Lipinski definition) is 4. The van der Waals surface area contributed by atoms with E-state index < -0.39 is 0 Å². The van der Waals surface area contributed by atoms with E-state index in [0.29, 0.717) is 16.3 Å². The molecule has 144 valence electrons. The zero-order chi connectivity index (χ0) is 19.9. The van der Waals surface area contributed by atoms with E-state index in [-0.39, 0.29) is 5.91 Å². The number of pyridine rings is 1. The summed E-state index contributed by atoms with van der Waals surface area (Å²) in [6, 6.07) is 16.9. The number of aryl methyl sites for hydroxylation is 1. The van der Waals surface area contributed by atoms with Crippen LogP contribution in [-0.4, -0.2) is 24.5 Å². The molecular formula is C22H22ClN3O2. The first kappa shape index (κ1) is 19.7. The molecule has 0 aliphatic rings. The summed E-state index contributed by atoms with van der Waals surface area (Å²) in [5.41, 5.74) is 3.30. The van der Waals surface area contributed by atoms with Gasteiger partial charge in [0.1, 0.15) is 11.6 Å². The summed E-state index contributed by atoms with van der Waals surface area (Å²) >= 11 is 6.00. The Bertz CT molecular complexity index is 958. The molecule has 0 aliphatic carbocycles. The lowest BCUT2D eigenvalue weighted by atomic mass is 10.1. The molecule has 6 heteroatoms. The van der Waals surface area contributed by atoms with Gasteiger partial charge in [0, 0.05) is 23.5 Å². The predicted molar refractivity (Wildman–Crippen MR) is 114 cm³/mol. The topological polar surface area (TPSA) is 63.2 Å². The third-order valence-electron chi connectivity index (χ3n) is 4.33. The van der Waals surface area contributed by atoms with E-state index in [0.717, 1.165) is 30.1 Å². The molecule has 0 bridgehead atoms. The molecular weight excluding hydrogens is 374 g/mol. The van der Waals surface area contributed by atoms with Gasteiger partial charge in [-0.25, -0.2) is 4.98 Å². The molecule has 1 heterocycles. The Morgan fingerprint density at radius 1 is 1.14 bits per heavy atom. The third-order valence-corrected chi connectivity index (χ3v) is 4.56. The largest absolute Gasteiger partial charge is 0.497 e. The molecule has 1 aromatic heterocycles. The van der Waals surface area contributed by atoms with Crippen molar-refractivity contribution in [3.63, 3.8) is 0 Å². The minimum absolute atomic E-state index is 0.221. The first-order valence-electron chi connectivity index (χ1n) is 8.95. The summed E-state index contributed by atoms with van der Waals surface area (Å²) in [4.78, 5) is 16.7. The summed E-state index contributed by atoms with van der Waals surface area (Å²) in [6.07, 6.45) is 2.40. The SMILES string of the molecule is COc1cccc(CCNc2ccc(C(=O)Nc3cc(Cl)ccc3C)cn2)c1. The van der Waals surface area contributed by atoms with E-state index in [1.54, 1.807) is 37.6 Å². The van der Waals surface area contributed by atoms with Gasteiger partial charge in [-0.3, -0.25) is 4.79 Å². The monoisotopic (exact) mass is 395 g/mol. The van der Waals surface area contributed by atoms with Crippen molar-refractivity contribution in [2.75, 3.05) is 24.3 Å². The number of ether oxygens (including phenoxy) is 1. The Kier molecular flexibility index (Phi) is 6.50. The standard InChI is InChI=1S/C22H22ClN3O2/c1-15-6-8-18(23)13-20(15)26-22(27)17-7-9-21(25-14-17)24-11-10-16-4-3-5-19(12-16)28-2/h3-9,12-14H,10-11H2,1-2H3,(H,24,25)(H,26,27). The summed E-state index contributed by atoms with van der Waals surface area (Å²) in [5, 5.41) is 6.71. The van der Waals surface area contributed by atoms with E-state index in [1.807, 2.05) is 31.2 Å². The molecule has 1 amide bonds. The van der Waals surface area contributed by atoms with Crippen LogP contribution in [0.1, 0.15) is 21.5 Å². The van der Waals surface area contributed by atoms with Crippen LogP contribution >= 0.6 is 11.6 Å². The second-order valence-electron chi connectivity index (χ2n) is 6.37. The van der Waals surface area contributed by atoms with Crippen molar-refractivity contribution in [2.24, 2.45) is 0 Å². The molecule has 3 rings (SSSR count). The highest BCUT2D eigenvalue weighted by atomic mass is 35.5. The number of aromatic nitrogens is 1. The Labute approximate surface area is 169 Å². The van der Waals surface area contributed by atoms with Gasteiger partial charge in [-0.15, -0.1) is 0 Å². The quantitative estimate of drug-likeness (QED) is 0.593. The second kappa shape index (κ2) is 9.24. The van der Waals surface area contributed by atoms with Crippen molar-refractivity contribution in [3.8, 4) is 5.75 Å². The van der Waals surface area contributed by atoms with E-state index in [2.05, 4.69) is 21.7 Å². The van der Waals surface area contributed by atoms with Crippen molar-refractivity contribution in [2.45, 2.75) is 13.3 Å². The van der Waals surface area contributed by atoms with Gasteiger partial charge in [-0.2, -0.15) is 0 Å². The number of nitrogens with one attached hydrogen (secondary N) is 2. The molecule has 3 aromatic rings. The van der Waals surface area contributed by atoms with Gasteiger partial charge in [0.2, 0.25) is 0 Å². The fourth-order valence-corrected chi connectivity index (χ4v) is 2.89. The summed E-state index contributed by atoms with van der Waals surface area (Å²) in [6.45, 7) is 2.65. The fourth-order valence-electron chi connectivity index (χ4n) is 2.72. The molecule has 0 atom stereocenters. The van der Waals surface area contributed by atoms with E-state index in [1.165, 1.54) is 5.56 Å². The summed E-state index contributed by atoms with van der Waals surface area (Å²) in [7, 11) is 1.66. The van der Waals surface area contributed by atoms with Crippen LogP contribution in [-0.2, 0) is 6.42 Å². The third kappa shape index (κ3) is 5.24. The Morgan fingerprint density at radius 2 is 2.00 bits per heavy atom. The number of amides is 1. The molecule has 0 spiro atoms. The van der Waals surface area contributed by atoms with Crippen LogP contribution in [0.15, 0.2) is 60.8 Å². The number of nitrogens with zero attached hydrogens (tertiary/aromatic N) is 1. The molecule has 0 unspecified atom stereocenters. The number of benzene rings is 2. The van der Waals surface area contributed by atoms with E-state index in [4.69, 9.17) is 16.3 Å². The highest BCUT2D eigenvalue weighted by Crippen LogP contribution is 2.21. The Morgan fingerprint density at radius 3 is 2.75 bits per heavy atom. The van der Waals surface area contributed by atoms with Gasteiger partial charge in [-0.05, 0) is 60.9 Å². The molecule has 5 nitrogen and oxygen atoms in total. The molecule has 2 N–H and O–H groups in total. The maximum Gasteiger partial charge on any atom is 0.257 e. The summed E-state index contributed by atoms with van der Waals surface area (Å²) in [5.74, 6) is 1.35. The minimum Gasteiger partial charge on any atom is -0.497 e. The Balaban J connectivity index is 1.55. The number of halogens is 1. The molecule has 0 saturated carbocycles. The normalized spacial score (nSPS) is 10.4. The van der Waals surface area contributed by atoms with Crippen LogP contribution in [0.2, 0.25) is 5.02 Å². The lowest BCUT2D eigenvalue weighted by Gasteiger charge is -2.10. The fraction of sp³-hybridized carbons (Fsp3) is 0.182. The lowest BCUT2D eigenvalue weighted by Crippen LogP contribution is -2.13. The number of carbonyl (C=O) groups excluding carboxylic acids is 1. The van der Waals surface area contributed by atoms with Crippen molar-refractivity contribution in [1.82, 2.24) is 4.98 Å². The number of carbonyl (C=O) groups is 1. The predicted octanol–water partition coefficient (Wildman–Crippen LogP) is 4.96. The average molecular weight is 396 g/mol. The van der Waals surface area contributed by atoms with Crippen molar-refractivity contribution < 1.29 is 9.53 Å². The zero-order valence-electron chi connectivity index (χ0n) is 15.8. The van der Waals surface area contributed by atoms with E-state index in [9.17, 15) is 4.79 Å². The highest BCUT2D eigenvalue weighted by Gasteiger charge is 2.09. The zero-order valence-corrected chi connectivity index (χ0v) is 16.6. The van der Waals surface area contributed by atoms with Gasteiger partial charge >= 0.3 is 0 Å². The van der Waals surface area contributed by atoms with Gasteiger partial charge in [0.15, 0.2) is 0 Å². The molecule has 28 heavy (non-hydrogen) atoms. The van der Waals surface area contributed by atoms with Gasteiger partial charge in [0.25, 0.3) is 5.91 Å². The molecule has 2 aromatic carbocycles. The second-order valence-corrected chi connectivity index (χ2v) is 6.81. The summed E-state index contributed by atoms with van der Waals surface area (Å²) < 4.78 is 5.23. The van der Waals surface area contributed by atoms with Gasteiger partial charge in [0.05, 0.1) is 12.7 Å². The molecule has 0 aliphatic heterocycles. The van der Waals surface area contributed by atoms with Crippen molar-refractivity contribution in [1.29, 1.82) is 0 Å². The van der Waals surface area contributed by atoms with Crippen LogP contribution in [0.5, 0.6) is 5.75 Å². The molecule has 0 fully saturated rings. The number of rotatable bonds is 7. The number of methoxy groups -OCH3 is 1. The molecule has 0 saturated heterocycles.